The number of benzene rings is 1. The van der Waals surface area contributed by atoms with E-state index in [4.69, 9.17) is 4.74 Å². The minimum absolute atomic E-state index is 0.379. The van der Waals surface area contributed by atoms with Crippen LogP contribution in [0.4, 0.5) is 0 Å². The van der Waals surface area contributed by atoms with Crippen LogP contribution in [0, 0.1) is 11.8 Å². The molecule has 0 amide bonds. The van der Waals surface area contributed by atoms with E-state index < -0.39 is 0 Å². The van der Waals surface area contributed by atoms with E-state index in [2.05, 4.69) is 21.9 Å². The van der Waals surface area contributed by atoms with Crippen molar-refractivity contribution in [2.75, 3.05) is 27.8 Å². The van der Waals surface area contributed by atoms with Crippen molar-refractivity contribution in [3.63, 3.8) is 0 Å². The first-order chi connectivity index (χ1) is 8.72. The van der Waals surface area contributed by atoms with Gasteiger partial charge in [-0.05, 0) is 25.2 Å². The van der Waals surface area contributed by atoms with Crippen molar-refractivity contribution in [3.8, 4) is 17.6 Å². The van der Waals surface area contributed by atoms with Gasteiger partial charge in [-0.25, -0.2) is 4.79 Å². The third kappa shape index (κ3) is 3.79. The molecule has 0 saturated heterocycles. The van der Waals surface area contributed by atoms with Gasteiger partial charge < -0.3 is 14.8 Å². The molecule has 0 aliphatic heterocycles. The monoisotopic (exact) mass is 247 g/mol. The normalized spacial score (nSPS) is 9.28. The average molecular weight is 247 g/mol. The van der Waals surface area contributed by atoms with Crippen molar-refractivity contribution in [2.24, 2.45) is 0 Å². The van der Waals surface area contributed by atoms with Gasteiger partial charge in [0.25, 0.3) is 0 Å². The van der Waals surface area contributed by atoms with Crippen LogP contribution in [-0.2, 0) is 4.74 Å². The van der Waals surface area contributed by atoms with Crippen LogP contribution in [0.1, 0.15) is 22.3 Å². The molecule has 0 bridgehead atoms. The number of esters is 1. The van der Waals surface area contributed by atoms with Gasteiger partial charge in [0, 0.05) is 13.0 Å². The zero-order valence-electron chi connectivity index (χ0n) is 10.9. The summed E-state index contributed by atoms with van der Waals surface area (Å²) in [5, 5.41) is 3.01. The molecule has 0 atom stereocenters. The fourth-order valence-electron chi connectivity index (χ4n) is 1.40. The molecule has 18 heavy (non-hydrogen) atoms. The lowest BCUT2D eigenvalue weighted by Gasteiger charge is -2.05. The van der Waals surface area contributed by atoms with Gasteiger partial charge in [0.15, 0.2) is 0 Å². The van der Waals surface area contributed by atoms with Gasteiger partial charge in [-0.1, -0.05) is 11.8 Å². The van der Waals surface area contributed by atoms with E-state index in [0.29, 0.717) is 16.9 Å². The molecule has 4 heteroatoms. The Hall–Kier alpha value is -1.99. The highest BCUT2D eigenvalue weighted by atomic mass is 16.5. The Balaban J connectivity index is 2.97. The summed E-state index contributed by atoms with van der Waals surface area (Å²) in [5.41, 5.74) is 1.16. The highest BCUT2D eigenvalue weighted by molar-refractivity contribution is 5.90. The van der Waals surface area contributed by atoms with Crippen molar-refractivity contribution in [3.05, 3.63) is 29.3 Å². The van der Waals surface area contributed by atoms with Gasteiger partial charge >= 0.3 is 5.97 Å². The molecule has 0 saturated carbocycles. The molecule has 0 aromatic heterocycles. The molecule has 0 unspecified atom stereocenters. The molecule has 1 aromatic carbocycles. The highest BCUT2D eigenvalue weighted by Crippen LogP contribution is 2.19. The molecular formula is C14H17NO3. The number of hydrogen-bond acceptors (Lipinski definition) is 4. The molecule has 1 aromatic rings. The zero-order valence-corrected chi connectivity index (χ0v) is 10.9. The van der Waals surface area contributed by atoms with Gasteiger partial charge in [0.1, 0.15) is 5.75 Å². The van der Waals surface area contributed by atoms with Crippen molar-refractivity contribution in [2.45, 2.75) is 6.42 Å². The maximum atomic E-state index is 11.4. The number of methoxy groups -OCH3 is 2. The van der Waals surface area contributed by atoms with E-state index in [1.54, 1.807) is 25.3 Å². The summed E-state index contributed by atoms with van der Waals surface area (Å²) in [6.45, 7) is 0.825. The Labute approximate surface area is 107 Å². The summed E-state index contributed by atoms with van der Waals surface area (Å²) >= 11 is 0. The van der Waals surface area contributed by atoms with E-state index in [1.165, 1.54) is 7.11 Å². The third-order valence-corrected chi connectivity index (χ3v) is 2.34. The summed E-state index contributed by atoms with van der Waals surface area (Å²) in [6, 6.07) is 5.05. The molecule has 0 spiro atoms. The smallest absolute Gasteiger partial charge is 0.337 e. The van der Waals surface area contributed by atoms with Crippen molar-refractivity contribution in [1.29, 1.82) is 0 Å². The second-order valence-corrected chi connectivity index (χ2v) is 3.56. The standard InChI is InChI=1S/C14H17NO3/c1-15-9-5-4-6-11-10-12(14(16)18-3)7-8-13(11)17-2/h7-8,10,15H,5,9H2,1-3H3. The van der Waals surface area contributed by atoms with Gasteiger partial charge in [-0.15, -0.1) is 0 Å². The molecule has 1 N–H and O–H groups in total. The largest absolute Gasteiger partial charge is 0.495 e. The van der Waals surface area contributed by atoms with Crippen LogP contribution in [0.3, 0.4) is 0 Å². The average Bonchev–Trinajstić information content (AvgIpc) is 2.42. The first kappa shape index (κ1) is 14.1. The summed E-state index contributed by atoms with van der Waals surface area (Å²) in [4.78, 5) is 11.4. The third-order valence-electron chi connectivity index (χ3n) is 2.34. The van der Waals surface area contributed by atoms with Crippen LogP contribution in [0.2, 0.25) is 0 Å². The fourth-order valence-corrected chi connectivity index (χ4v) is 1.40. The van der Waals surface area contributed by atoms with E-state index in [-0.39, 0.29) is 5.97 Å². The quantitative estimate of drug-likeness (QED) is 0.497. The molecule has 1 rings (SSSR count). The SMILES string of the molecule is CNCCC#Cc1cc(C(=O)OC)ccc1OC. The van der Waals surface area contributed by atoms with Crippen LogP contribution in [0.5, 0.6) is 5.75 Å². The highest BCUT2D eigenvalue weighted by Gasteiger charge is 2.08. The lowest BCUT2D eigenvalue weighted by molar-refractivity contribution is 0.0600. The Bertz CT molecular complexity index is 472. The number of hydrogen-bond donors (Lipinski definition) is 1. The predicted molar refractivity (Wildman–Crippen MR) is 69.8 cm³/mol. The van der Waals surface area contributed by atoms with Crippen molar-refractivity contribution >= 4 is 5.97 Å². The summed E-state index contributed by atoms with van der Waals surface area (Å²) in [6.07, 6.45) is 0.738. The Morgan fingerprint density at radius 2 is 2.17 bits per heavy atom. The molecule has 0 aliphatic rings. The van der Waals surface area contributed by atoms with Crippen LogP contribution in [0.25, 0.3) is 0 Å². The Morgan fingerprint density at radius 3 is 2.78 bits per heavy atom. The fraction of sp³-hybridized carbons (Fsp3) is 0.357. The van der Waals surface area contributed by atoms with Crippen LogP contribution in [0.15, 0.2) is 18.2 Å². The zero-order chi connectivity index (χ0) is 13.4. The lowest BCUT2D eigenvalue weighted by Crippen LogP contribution is -2.06. The number of rotatable bonds is 4. The van der Waals surface area contributed by atoms with Gasteiger partial charge in [0.2, 0.25) is 0 Å². The molecule has 0 fully saturated rings. The molecule has 0 radical (unpaired) electrons. The number of carbonyl (C=O) groups is 1. The first-order valence-electron chi connectivity index (χ1n) is 5.62. The van der Waals surface area contributed by atoms with Gasteiger partial charge in [-0.2, -0.15) is 0 Å². The summed E-state index contributed by atoms with van der Waals surface area (Å²) in [7, 11) is 4.80. The van der Waals surface area contributed by atoms with Crippen LogP contribution < -0.4 is 10.1 Å². The minimum Gasteiger partial charge on any atom is -0.495 e. The second-order valence-electron chi connectivity index (χ2n) is 3.56. The topological polar surface area (TPSA) is 47.6 Å². The minimum atomic E-state index is -0.379. The predicted octanol–water partition coefficient (Wildman–Crippen LogP) is 1.44. The molecule has 96 valence electrons. The number of ether oxygens (including phenoxy) is 2. The van der Waals surface area contributed by atoms with E-state index in [1.807, 2.05) is 7.05 Å². The van der Waals surface area contributed by atoms with E-state index >= 15 is 0 Å². The van der Waals surface area contributed by atoms with E-state index in [9.17, 15) is 4.79 Å². The maximum Gasteiger partial charge on any atom is 0.337 e. The van der Waals surface area contributed by atoms with Gasteiger partial charge in [-0.3, -0.25) is 0 Å². The van der Waals surface area contributed by atoms with Crippen LogP contribution in [-0.4, -0.2) is 33.8 Å². The maximum absolute atomic E-state index is 11.4. The number of nitrogens with one attached hydrogen (secondary N) is 1. The van der Waals surface area contributed by atoms with Crippen molar-refractivity contribution < 1.29 is 14.3 Å². The summed E-state index contributed by atoms with van der Waals surface area (Å²) in [5.74, 6) is 6.29. The first-order valence-corrected chi connectivity index (χ1v) is 5.62. The second kappa shape index (κ2) is 7.36. The van der Waals surface area contributed by atoms with Crippen molar-refractivity contribution in [1.82, 2.24) is 5.32 Å². The number of carbonyl (C=O) groups excluding carboxylic acids is 1. The van der Waals surface area contributed by atoms with E-state index in [0.717, 1.165) is 13.0 Å². The van der Waals surface area contributed by atoms with Crippen LogP contribution >= 0.6 is 0 Å². The molecule has 0 aliphatic carbocycles. The summed E-state index contributed by atoms with van der Waals surface area (Å²) < 4.78 is 9.87. The molecule has 4 nitrogen and oxygen atoms in total. The molecular weight excluding hydrogens is 230 g/mol. The Kier molecular flexibility index (Phi) is 5.75. The Morgan fingerprint density at radius 1 is 1.39 bits per heavy atom. The molecule has 0 heterocycles. The lowest BCUT2D eigenvalue weighted by atomic mass is 10.1. The van der Waals surface area contributed by atoms with Gasteiger partial charge in [0.05, 0.1) is 25.3 Å².